The highest BCUT2D eigenvalue weighted by Crippen LogP contribution is 2.56. The molecule has 4 fully saturated rings. The number of amides is 1. The van der Waals surface area contributed by atoms with Gasteiger partial charge < -0.3 is 5.32 Å². The summed E-state index contributed by atoms with van der Waals surface area (Å²) in [6, 6.07) is -0.266. The van der Waals surface area contributed by atoms with Gasteiger partial charge in [-0.2, -0.15) is 18.3 Å². The fourth-order valence-electron chi connectivity index (χ4n) is 6.30. The minimum atomic E-state index is -4.72. The van der Waals surface area contributed by atoms with Gasteiger partial charge in [-0.05, 0) is 70.6 Å². The monoisotopic (exact) mass is 462 g/mol. The fraction of sp³-hybridized carbons (Fsp3) is 0.800. The number of hydrogen-bond donors (Lipinski definition) is 2. The van der Waals surface area contributed by atoms with Gasteiger partial charge in [0.25, 0.3) is 5.91 Å². The van der Waals surface area contributed by atoms with Crippen LogP contribution >= 0.6 is 0 Å². The molecule has 0 saturated heterocycles. The molecule has 0 spiro atoms. The lowest BCUT2D eigenvalue weighted by molar-refractivity contribution is -0.146. The summed E-state index contributed by atoms with van der Waals surface area (Å²) in [5.74, 6) is -0.326. The Morgan fingerprint density at radius 3 is 2.23 bits per heavy atom. The quantitative estimate of drug-likeness (QED) is 0.720. The van der Waals surface area contributed by atoms with Crippen molar-refractivity contribution < 1.29 is 26.4 Å². The predicted molar refractivity (Wildman–Crippen MR) is 108 cm³/mol. The molecule has 31 heavy (non-hydrogen) atoms. The van der Waals surface area contributed by atoms with E-state index in [9.17, 15) is 26.4 Å². The van der Waals surface area contributed by atoms with E-state index in [1.165, 1.54) is 0 Å². The van der Waals surface area contributed by atoms with Crippen molar-refractivity contribution in [2.75, 3.05) is 6.26 Å². The lowest BCUT2D eigenvalue weighted by Gasteiger charge is -2.59. The lowest BCUT2D eigenvalue weighted by Crippen LogP contribution is -2.66. The van der Waals surface area contributed by atoms with Crippen molar-refractivity contribution >= 4 is 15.9 Å². The second kappa shape index (κ2) is 6.94. The first-order valence-electron chi connectivity index (χ1n) is 10.5. The summed E-state index contributed by atoms with van der Waals surface area (Å²) in [5.41, 5.74) is -2.95. The van der Waals surface area contributed by atoms with Crippen LogP contribution in [-0.2, 0) is 21.7 Å². The number of alkyl halides is 3. The van der Waals surface area contributed by atoms with Crippen LogP contribution in [0.3, 0.4) is 0 Å². The van der Waals surface area contributed by atoms with E-state index in [0.717, 1.165) is 36.4 Å². The Bertz CT molecular complexity index is 980. The number of hydrogen-bond acceptors (Lipinski definition) is 4. The summed E-state index contributed by atoms with van der Waals surface area (Å²) >= 11 is 0. The molecular formula is C20H29F3N4O3S. The van der Waals surface area contributed by atoms with E-state index in [0.29, 0.717) is 18.8 Å². The molecule has 2 N–H and O–H groups in total. The second-order valence-electron chi connectivity index (χ2n) is 10.6. The highest BCUT2D eigenvalue weighted by Gasteiger charge is 2.56. The Morgan fingerprint density at radius 1 is 1.16 bits per heavy atom. The maximum atomic E-state index is 13.8. The Morgan fingerprint density at radius 2 is 1.74 bits per heavy atom. The van der Waals surface area contributed by atoms with Crippen molar-refractivity contribution in [3.8, 4) is 0 Å². The van der Waals surface area contributed by atoms with Crippen LogP contribution in [0.1, 0.15) is 68.9 Å². The summed E-state index contributed by atoms with van der Waals surface area (Å²) in [6.07, 6.45) is 1.08. The second-order valence-corrected chi connectivity index (χ2v) is 12.4. The average Bonchev–Trinajstić information content (AvgIpc) is 3.01. The van der Waals surface area contributed by atoms with Crippen molar-refractivity contribution in [3.63, 3.8) is 0 Å². The van der Waals surface area contributed by atoms with E-state index in [-0.39, 0.29) is 17.9 Å². The molecule has 0 aliphatic heterocycles. The molecule has 1 heterocycles. The Balaban J connectivity index is 1.58. The first-order chi connectivity index (χ1) is 14.1. The highest BCUT2D eigenvalue weighted by atomic mass is 32.2. The van der Waals surface area contributed by atoms with Gasteiger partial charge in [0.15, 0.2) is 5.69 Å². The third kappa shape index (κ3) is 4.22. The highest BCUT2D eigenvalue weighted by molar-refractivity contribution is 7.88. The summed E-state index contributed by atoms with van der Waals surface area (Å²) in [6.45, 7) is 4.80. The molecule has 7 nitrogen and oxygen atoms in total. The van der Waals surface area contributed by atoms with E-state index >= 15 is 0 Å². The van der Waals surface area contributed by atoms with Gasteiger partial charge >= 0.3 is 6.18 Å². The van der Waals surface area contributed by atoms with Gasteiger partial charge in [-0.25, -0.2) is 13.1 Å². The Kier molecular flexibility index (Phi) is 5.05. The van der Waals surface area contributed by atoms with Crippen LogP contribution in [0.2, 0.25) is 0 Å². The molecule has 0 radical (unpaired) electrons. The summed E-state index contributed by atoms with van der Waals surface area (Å²) < 4.78 is 68.8. The average molecular weight is 463 g/mol. The third-order valence-electron chi connectivity index (χ3n) is 6.89. The minimum absolute atomic E-state index is 0.0384. The van der Waals surface area contributed by atoms with Crippen molar-refractivity contribution in [2.45, 2.75) is 76.2 Å². The number of aromatic nitrogens is 2. The molecule has 4 aliphatic carbocycles. The van der Waals surface area contributed by atoms with Crippen molar-refractivity contribution in [1.82, 2.24) is 19.8 Å². The topological polar surface area (TPSA) is 93.1 Å². The minimum Gasteiger partial charge on any atom is -0.349 e. The van der Waals surface area contributed by atoms with Crippen LogP contribution in [0.4, 0.5) is 13.2 Å². The Labute approximate surface area is 180 Å². The van der Waals surface area contributed by atoms with E-state index in [2.05, 4.69) is 15.1 Å². The van der Waals surface area contributed by atoms with Crippen LogP contribution in [0, 0.1) is 17.8 Å². The van der Waals surface area contributed by atoms with Crippen LogP contribution in [0.25, 0.3) is 0 Å². The van der Waals surface area contributed by atoms with Crippen LogP contribution < -0.4 is 10.0 Å². The molecule has 5 atom stereocenters. The predicted octanol–water partition coefficient (Wildman–Crippen LogP) is 2.88. The first kappa shape index (κ1) is 22.6. The smallest absolute Gasteiger partial charge is 0.349 e. The van der Waals surface area contributed by atoms with Crippen LogP contribution in [-0.4, -0.2) is 41.9 Å². The standard InChI is InChI=1S/C20H29F3N4O3S/c1-18(2,3)27-16(20(21,22)23)14(10-24-27)17(28)25-15-12-5-11-6-13(15)9-19(7-11,8-12)26-31(4,29)30/h10-13,15,26H,5-9H2,1-4H3,(H,25,28)/t11?,12-,13+,15?,19?. The number of nitrogens with zero attached hydrogens (tertiary/aromatic N) is 2. The SMILES string of the molecule is CC(C)(C)n1ncc(C(=O)NC2[C@@H]3CC4C[C@H]2CC(NS(C)(=O)=O)(C4)C3)c1C(F)(F)F. The van der Waals surface area contributed by atoms with E-state index in [1.54, 1.807) is 20.8 Å². The third-order valence-corrected chi connectivity index (χ3v) is 7.69. The zero-order valence-electron chi connectivity index (χ0n) is 18.1. The molecule has 11 heteroatoms. The normalized spacial score (nSPS) is 33.0. The van der Waals surface area contributed by atoms with Gasteiger partial charge in [-0.3, -0.25) is 9.48 Å². The summed E-state index contributed by atoms with van der Waals surface area (Å²) in [5, 5.41) is 6.74. The van der Waals surface area contributed by atoms with Crippen molar-refractivity contribution in [3.05, 3.63) is 17.5 Å². The molecule has 1 amide bonds. The molecule has 1 aromatic heterocycles. The largest absolute Gasteiger partial charge is 0.433 e. The molecule has 4 aliphatic rings. The zero-order valence-corrected chi connectivity index (χ0v) is 18.9. The lowest BCUT2D eigenvalue weighted by atomic mass is 9.51. The van der Waals surface area contributed by atoms with Crippen molar-refractivity contribution in [1.29, 1.82) is 0 Å². The van der Waals surface area contributed by atoms with Gasteiger partial charge in [0.05, 0.1) is 23.6 Å². The number of sulfonamides is 1. The maximum absolute atomic E-state index is 13.8. The van der Waals surface area contributed by atoms with Crippen molar-refractivity contribution in [2.24, 2.45) is 17.8 Å². The van der Waals surface area contributed by atoms with E-state index < -0.39 is 44.4 Å². The molecular weight excluding hydrogens is 433 g/mol. The molecule has 4 bridgehead atoms. The van der Waals surface area contributed by atoms with Gasteiger partial charge in [0.2, 0.25) is 10.0 Å². The van der Waals surface area contributed by atoms with Crippen LogP contribution in [0.15, 0.2) is 6.20 Å². The van der Waals surface area contributed by atoms with Gasteiger partial charge in [0.1, 0.15) is 0 Å². The first-order valence-corrected chi connectivity index (χ1v) is 12.4. The van der Waals surface area contributed by atoms with Gasteiger partial charge in [-0.15, -0.1) is 0 Å². The van der Waals surface area contributed by atoms with Crippen LogP contribution in [0.5, 0.6) is 0 Å². The molecule has 1 aromatic rings. The summed E-state index contributed by atoms with van der Waals surface area (Å²) in [4.78, 5) is 13.0. The molecule has 4 saturated carbocycles. The molecule has 174 valence electrons. The number of rotatable bonds is 4. The number of halogens is 3. The number of nitrogens with one attached hydrogen (secondary N) is 2. The molecule has 3 unspecified atom stereocenters. The summed E-state index contributed by atoms with van der Waals surface area (Å²) in [7, 11) is -3.38. The zero-order chi connectivity index (χ0) is 23.0. The van der Waals surface area contributed by atoms with E-state index in [4.69, 9.17) is 0 Å². The van der Waals surface area contributed by atoms with Gasteiger partial charge in [0, 0.05) is 11.6 Å². The maximum Gasteiger partial charge on any atom is 0.433 e. The number of carbonyl (C=O) groups excluding carboxylic acids is 1. The Hall–Kier alpha value is -1.62. The molecule has 5 rings (SSSR count). The number of carbonyl (C=O) groups is 1. The fourth-order valence-corrected chi connectivity index (χ4v) is 7.34. The van der Waals surface area contributed by atoms with E-state index in [1.807, 2.05) is 0 Å². The molecule has 0 aromatic carbocycles. The van der Waals surface area contributed by atoms with Gasteiger partial charge in [-0.1, -0.05) is 0 Å².